The van der Waals surface area contributed by atoms with Crippen LogP contribution in [-0.2, 0) is 14.3 Å². The molecule has 0 saturated carbocycles. The topological polar surface area (TPSA) is 83.9 Å². The summed E-state index contributed by atoms with van der Waals surface area (Å²) in [6.07, 6.45) is -0.415. The van der Waals surface area contributed by atoms with Crippen molar-refractivity contribution < 1.29 is 24.2 Å². The Morgan fingerprint density at radius 2 is 1.84 bits per heavy atom. The summed E-state index contributed by atoms with van der Waals surface area (Å²) in [6.45, 7) is 6.51. The lowest BCUT2D eigenvalue weighted by atomic mass is 10.0. The molecule has 0 spiro atoms. The molecular weight excluding hydrogens is 250 g/mol. The molecule has 0 aliphatic carbocycles. The Hall–Kier alpha value is -1.85. The first-order chi connectivity index (χ1) is 8.61. The van der Waals surface area contributed by atoms with Crippen molar-refractivity contribution in [3.63, 3.8) is 0 Å². The molecule has 1 rings (SSSR count). The molecule has 1 N–H and O–H groups in total. The summed E-state index contributed by atoms with van der Waals surface area (Å²) in [6, 6.07) is 0. The maximum Gasteiger partial charge on any atom is 0.410 e. The molecule has 0 atom stereocenters. The lowest BCUT2D eigenvalue weighted by Gasteiger charge is -2.30. The number of ether oxygens (including phenoxy) is 1. The van der Waals surface area contributed by atoms with Crippen molar-refractivity contribution in [3.8, 4) is 0 Å². The molecule has 1 aliphatic rings. The van der Waals surface area contributed by atoms with E-state index < -0.39 is 23.3 Å². The van der Waals surface area contributed by atoms with E-state index in [2.05, 4.69) is 0 Å². The quantitative estimate of drug-likeness (QED) is 0.770. The summed E-state index contributed by atoms with van der Waals surface area (Å²) in [5, 5.41) is 9.65. The highest BCUT2D eigenvalue weighted by molar-refractivity contribution is 6.43. The second-order valence-electron chi connectivity index (χ2n) is 5.46. The molecule has 1 amide bonds. The zero-order valence-electron chi connectivity index (χ0n) is 11.6. The van der Waals surface area contributed by atoms with Gasteiger partial charge in [-0.1, -0.05) is 0 Å². The van der Waals surface area contributed by atoms with Crippen LogP contribution in [0.1, 0.15) is 34.1 Å². The fourth-order valence-corrected chi connectivity index (χ4v) is 1.65. The molecule has 6 heteroatoms. The fourth-order valence-electron chi connectivity index (χ4n) is 1.65. The van der Waals surface area contributed by atoms with Crippen LogP contribution in [0, 0.1) is 0 Å². The number of Topliss-reactive ketones (excluding diaryl/α,β-unsaturated/α-hetero) is 2. The molecule has 6 nitrogen and oxygen atoms in total. The van der Waals surface area contributed by atoms with Gasteiger partial charge in [0.05, 0.1) is 12.1 Å². The van der Waals surface area contributed by atoms with Gasteiger partial charge in [-0.05, 0) is 20.8 Å². The predicted molar refractivity (Wildman–Crippen MR) is 67.8 cm³/mol. The summed E-state index contributed by atoms with van der Waals surface area (Å²) in [5.74, 6) is -1.54. The van der Waals surface area contributed by atoms with Crippen LogP contribution < -0.4 is 0 Å². The minimum Gasteiger partial charge on any atom is -0.512 e. The fraction of sp³-hybridized carbons (Fsp3) is 0.615. The number of aliphatic hydroxyl groups is 1. The van der Waals surface area contributed by atoms with E-state index >= 15 is 0 Å². The van der Waals surface area contributed by atoms with Crippen molar-refractivity contribution in [3.05, 3.63) is 11.3 Å². The molecule has 0 aromatic rings. The van der Waals surface area contributed by atoms with E-state index in [4.69, 9.17) is 4.74 Å². The Balaban J connectivity index is 2.82. The number of hydrogen-bond acceptors (Lipinski definition) is 5. The average molecular weight is 269 g/mol. The van der Waals surface area contributed by atoms with E-state index in [1.54, 1.807) is 20.8 Å². The Kier molecular flexibility index (Phi) is 4.34. The van der Waals surface area contributed by atoms with E-state index in [0.29, 0.717) is 0 Å². The van der Waals surface area contributed by atoms with Crippen LogP contribution in [0.5, 0.6) is 0 Å². The first kappa shape index (κ1) is 15.2. The summed E-state index contributed by atoms with van der Waals surface area (Å²) >= 11 is 0. The Bertz CT molecular complexity index is 444. The zero-order valence-corrected chi connectivity index (χ0v) is 11.6. The van der Waals surface area contributed by atoms with Gasteiger partial charge < -0.3 is 14.7 Å². The van der Waals surface area contributed by atoms with Gasteiger partial charge in [-0.25, -0.2) is 4.79 Å². The number of carbonyl (C=O) groups excluding carboxylic acids is 3. The molecule has 106 valence electrons. The van der Waals surface area contributed by atoms with Crippen molar-refractivity contribution in [2.75, 3.05) is 13.1 Å². The van der Waals surface area contributed by atoms with E-state index in [9.17, 15) is 19.5 Å². The normalized spacial score (nSPS) is 16.3. The van der Waals surface area contributed by atoms with Crippen LogP contribution in [-0.4, -0.2) is 46.4 Å². The molecule has 1 heterocycles. The van der Waals surface area contributed by atoms with Crippen molar-refractivity contribution in [1.82, 2.24) is 4.90 Å². The minimum atomic E-state index is -0.759. The number of hydrogen-bond donors (Lipinski definition) is 1. The maximum atomic E-state index is 11.9. The summed E-state index contributed by atoms with van der Waals surface area (Å²) in [5.41, 5.74) is -0.657. The van der Waals surface area contributed by atoms with Gasteiger partial charge in [0.2, 0.25) is 5.78 Å². The third kappa shape index (κ3) is 4.08. The lowest BCUT2D eigenvalue weighted by molar-refractivity contribution is -0.133. The van der Waals surface area contributed by atoms with E-state index in [1.165, 1.54) is 4.90 Å². The second kappa shape index (κ2) is 5.42. The number of carbonyl (C=O) groups is 3. The monoisotopic (exact) mass is 269 g/mol. The largest absolute Gasteiger partial charge is 0.512 e. The molecule has 19 heavy (non-hydrogen) atoms. The Labute approximate surface area is 112 Å². The lowest BCUT2D eigenvalue weighted by Crippen LogP contribution is -2.42. The van der Waals surface area contributed by atoms with Crippen molar-refractivity contribution in [1.29, 1.82) is 0 Å². The molecule has 0 bridgehead atoms. The van der Waals surface area contributed by atoms with Crippen LogP contribution in [0.2, 0.25) is 0 Å². The molecule has 1 aliphatic heterocycles. The molecular formula is C13H19NO5. The van der Waals surface area contributed by atoms with Gasteiger partial charge in [-0.3, -0.25) is 9.59 Å². The first-order valence-corrected chi connectivity index (χ1v) is 6.06. The van der Waals surface area contributed by atoms with Gasteiger partial charge in [-0.2, -0.15) is 0 Å². The molecule has 0 aromatic carbocycles. The average Bonchev–Trinajstić information content (AvgIpc) is 2.26. The first-order valence-electron chi connectivity index (χ1n) is 6.06. The second-order valence-corrected chi connectivity index (χ2v) is 5.46. The van der Waals surface area contributed by atoms with Crippen molar-refractivity contribution in [2.24, 2.45) is 0 Å². The highest BCUT2D eigenvalue weighted by Crippen LogP contribution is 2.19. The summed E-state index contributed by atoms with van der Waals surface area (Å²) < 4.78 is 5.19. The van der Waals surface area contributed by atoms with Crippen molar-refractivity contribution >= 4 is 17.7 Å². The molecule has 0 fully saturated rings. The molecule has 0 radical (unpaired) electrons. The number of amides is 1. The standard InChI is InChI=1S/C13H19NO5/c1-8(15)11(17)9-7-14(6-5-10(9)16)12(18)19-13(2,3)4/h16H,5-7H2,1-4H3. The number of nitrogens with zero attached hydrogens (tertiary/aromatic N) is 1. The van der Waals surface area contributed by atoms with Crippen LogP contribution in [0.15, 0.2) is 11.3 Å². The smallest absolute Gasteiger partial charge is 0.410 e. The summed E-state index contributed by atoms with van der Waals surface area (Å²) in [4.78, 5) is 35.8. The van der Waals surface area contributed by atoms with Crippen molar-refractivity contribution in [2.45, 2.75) is 39.7 Å². The van der Waals surface area contributed by atoms with Gasteiger partial charge in [0.1, 0.15) is 11.4 Å². The molecule has 0 saturated heterocycles. The highest BCUT2D eigenvalue weighted by Gasteiger charge is 2.30. The Morgan fingerprint density at radius 3 is 2.32 bits per heavy atom. The molecule has 0 unspecified atom stereocenters. The van der Waals surface area contributed by atoms with Crippen LogP contribution >= 0.6 is 0 Å². The third-order valence-corrected chi connectivity index (χ3v) is 2.56. The Morgan fingerprint density at radius 1 is 1.26 bits per heavy atom. The third-order valence-electron chi connectivity index (χ3n) is 2.56. The van der Waals surface area contributed by atoms with Crippen LogP contribution in [0.25, 0.3) is 0 Å². The van der Waals surface area contributed by atoms with Gasteiger partial charge in [0.15, 0.2) is 5.78 Å². The van der Waals surface area contributed by atoms with E-state index in [1.807, 2.05) is 0 Å². The van der Waals surface area contributed by atoms with Gasteiger partial charge >= 0.3 is 6.09 Å². The predicted octanol–water partition coefficient (Wildman–Crippen LogP) is 1.60. The zero-order chi connectivity index (χ0) is 14.8. The number of aliphatic hydroxyl groups excluding tert-OH is 1. The van der Waals surface area contributed by atoms with Gasteiger partial charge in [-0.15, -0.1) is 0 Å². The highest BCUT2D eigenvalue weighted by atomic mass is 16.6. The van der Waals surface area contributed by atoms with Gasteiger partial charge in [0.25, 0.3) is 0 Å². The maximum absolute atomic E-state index is 11.9. The number of rotatable bonds is 2. The minimum absolute atomic E-state index is 0.0235. The van der Waals surface area contributed by atoms with Gasteiger partial charge in [0, 0.05) is 19.9 Å². The van der Waals surface area contributed by atoms with Crippen LogP contribution in [0.4, 0.5) is 4.79 Å². The molecule has 0 aromatic heterocycles. The van der Waals surface area contributed by atoms with E-state index in [0.717, 1.165) is 6.92 Å². The summed E-state index contributed by atoms with van der Waals surface area (Å²) in [7, 11) is 0. The van der Waals surface area contributed by atoms with Crippen LogP contribution in [0.3, 0.4) is 0 Å². The number of ketones is 2. The van der Waals surface area contributed by atoms with E-state index in [-0.39, 0.29) is 30.8 Å². The SMILES string of the molecule is CC(=O)C(=O)C1=C(O)CCN(C(=O)OC(C)(C)C)C1.